The lowest BCUT2D eigenvalue weighted by Crippen LogP contribution is -2.19. The van der Waals surface area contributed by atoms with E-state index in [4.69, 9.17) is 26.3 Å². The molecule has 0 atom stereocenters. The van der Waals surface area contributed by atoms with Gasteiger partial charge in [0.1, 0.15) is 13.2 Å². The van der Waals surface area contributed by atoms with Crippen molar-refractivity contribution in [2.45, 2.75) is 26.3 Å². The fourth-order valence-corrected chi connectivity index (χ4v) is 2.37. The van der Waals surface area contributed by atoms with E-state index >= 15 is 0 Å². The highest BCUT2D eigenvalue weighted by Gasteiger charge is 2.24. The van der Waals surface area contributed by atoms with Crippen molar-refractivity contribution in [2.75, 3.05) is 13.2 Å². The molecule has 2 N–H and O–H groups in total. The Bertz CT molecular complexity index is 421. The van der Waals surface area contributed by atoms with Crippen molar-refractivity contribution in [3.05, 3.63) is 22.2 Å². The van der Waals surface area contributed by atoms with Crippen LogP contribution in [0.4, 0.5) is 0 Å². The SMILES string of the molecule is CC(C)c1c(CNO)cc(Cl)c2c1OCCO2. The highest BCUT2D eigenvalue weighted by Crippen LogP contribution is 2.44. The van der Waals surface area contributed by atoms with Crippen molar-refractivity contribution in [2.24, 2.45) is 0 Å². The molecule has 17 heavy (non-hydrogen) atoms. The van der Waals surface area contributed by atoms with Crippen LogP contribution in [-0.2, 0) is 6.54 Å². The van der Waals surface area contributed by atoms with E-state index in [2.05, 4.69) is 19.3 Å². The minimum atomic E-state index is 0.270. The molecule has 0 saturated heterocycles. The second kappa shape index (κ2) is 5.12. The van der Waals surface area contributed by atoms with E-state index in [0.29, 0.717) is 36.3 Å². The van der Waals surface area contributed by atoms with Gasteiger partial charge in [-0.05, 0) is 17.5 Å². The number of ether oxygens (including phenoxy) is 2. The summed E-state index contributed by atoms with van der Waals surface area (Å²) in [7, 11) is 0. The molecule has 1 aromatic carbocycles. The Morgan fingerprint density at radius 3 is 2.59 bits per heavy atom. The maximum absolute atomic E-state index is 8.86. The van der Waals surface area contributed by atoms with Gasteiger partial charge in [-0.3, -0.25) is 0 Å². The molecule has 0 spiro atoms. The molecular formula is C12H16ClNO3. The molecule has 0 unspecified atom stereocenters. The molecule has 1 aromatic rings. The Morgan fingerprint density at radius 1 is 1.35 bits per heavy atom. The number of hydroxylamine groups is 1. The van der Waals surface area contributed by atoms with Gasteiger partial charge in [-0.25, -0.2) is 5.48 Å². The van der Waals surface area contributed by atoms with E-state index in [1.54, 1.807) is 0 Å². The van der Waals surface area contributed by atoms with Crippen LogP contribution < -0.4 is 15.0 Å². The summed E-state index contributed by atoms with van der Waals surface area (Å²) in [6, 6.07) is 1.81. The number of hydrogen-bond donors (Lipinski definition) is 2. The minimum Gasteiger partial charge on any atom is -0.486 e. The lowest BCUT2D eigenvalue weighted by Gasteiger charge is -2.25. The monoisotopic (exact) mass is 257 g/mol. The van der Waals surface area contributed by atoms with Gasteiger partial charge in [-0.15, -0.1) is 0 Å². The summed E-state index contributed by atoms with van der Waals surface area (Å²) in [5, 5.41) is 9.38. The van der Waals surface area contributed by atoms with E-state index in [1.165, 1.54) is 0 Å². The van der Waals surface area contributed by atoms with E-state index in [-0.39, 0.29) is 5.92 Å². The quantitative estimate of drug-likeness (QED) is 0.818. The van der Waals surface area contributed by atoms with Crippen molar-refractivity contribution >= 4 is 11.6 Å². The number of fused-ring (bicyclic) bond motifs is 1. The molecule has 2 rings (SSSR count). The van der Waals surface area contributed by atoms with Crippen LogP contribution in [0, 0.1) is 0 Å². The fraction of sp³-hybridized carbons (Fsp3) is 0.500. The number of hydrogen-bond acceptors (Lipinski definition) is 4. The molecule has 0 bridgehead atoms. The maximum atomic E-state index is 8.86. The summed E-state index contributed by atoms with van der Waals surface area (Å²) in [6.07, 6.45) is 0. The van der Waals surface area contributed by atoms with Gasteiger partial charge < -0.3 is 14.7 Å². The highest BCUT2D eigenvalue weighted by atomic mass is 35.5. The Hall–Kier alpha value is -0.970. The van der Waals surface area contributed by atoms with Crippen molar-refractivity contribution in [3.8, 4) is 11.5 Å². The first-order chi connectivity index (χ1) is 8.15. The number of rotatable bonds is 3. The van der Waals surface area contributed by atoms with E-state index < -0.39 is 0 Å². The normalized spacial score (nSPS) is 14.2. The average molecular weight is 258 g/mol. The first-order valence-corrected chi connectivity index (χ1v) is 6.00. The molecule has 1 aliphatic heterocycles. The van der Waals surface area contributed by atoms with E-state index in [9.17, 15) is 0 Å². The second-order valence-electron chi connectivity index (χ2n) is 4.28. The van der Waals surface area contributed by atoms with Gasteiger partial charge in [0.25, 0.3) is 0 Å². The van der Waals surface area contributed by atoms with Gasteiger partial charge in [-0.1, -0.05) is 25.4 Å². The van der Waals surface area contributed by atoms with Gasteiger partial charge in [0, 0.05) is 12.1 Å². The van der Waals surface area contributed by atoms with Crippen LogP contribution in [0.25, 0.3) is 0 Å². The molecule has 0 saturated carbocycles. The molecule has 5 heteroatoms. The number of nitrogens with one attached hydrogen (secondary N) is 1. The summed E-state index contributed by atoms with van der Waals surface area (Å²) < 4.78 is 11.2. The third kappa shape index (κ3) is 2.34. The first-order valence-electron chi connectivity index (χ1n) is 5.63. The summed E-state index contributed by atoms with van der Waals surface area (Å²) in [5.74, 6) is 1.60. The smallest absolute Gasteiger partial charge is 0.180 e. The molecule has 0 aromatic heterocycles. The predicted octanol–water partition coefficient (Wildman–Crippen LogP) is 2.71. The molecule has 1 heterocycles. The standard InChI is InChI=1S/C12H16ClNO3/c1-7(2)10-8(6-14-15)5-9(13)11-12(10)17-4-3-16-11/h5,7,14-15H,3-4,6H2,1-2H3. The van der Waals surface area contributed by atoms with E-state index in [0.717, 1.165) is 11.1 Å². The zero-order valence-corrected chi connectivity index (χ0v) is 10.7. The average Bonchev–Trinajstić information content (AvgIpc) is 2.29. The molecule has 0 amide bonds. The lowest BCUT2D eigenvalue weighted by atomic mass is 9.95. The highest BCUT2D eigenvalue weighted by molar-refractivity contribution is 6.32. The summed E-state index contributed by atoms with van der Waals surface area (Å²) in [5.41, 5.74) is 4.12. The Labute approximate surface area is 105 Å². The van der Waals surface area contributed by atoms with E-state index in [1.807, 2.05) is 6.07 Å². The zero-order valence-electron chi connectivity index (χ0n) is 9.92. The lowest BCUT2D eigenvalue weighted by molar-refractivity contribution is 0.158. The summed E-state index contributed by atoms with van der Waals surface area (Å²) in [6.45, 7) is 5.52. The van der Waals surface area contributed by atoms with Crippen LogP contribution in [-0.4, -0.2) is 18.4 Å². The van der Waals surface area contributed by atoms with Gasteiger partial charge in [-0.2, -0.15) is 0 Å². The van der Waals surface area contributed by atoms with Crippen LogP contribution in [0.15, 0.2) is 6.07 Å². The van der Waals surface area contributed by atoms with Crippen molar-refractivity contribution < 1.29 is 14.7 Å². The van der Waals surface area contributed by atoms with Crippen LogP contribution in [0.2, 0.25) is 5.02 Å². The maximum Gasteiger partial charge on any atom is 0.180 e. The van der Waals surface area contributed by atoms with Crippen LogP contribution in [0.1, 0.15) is 30.9 Å². The largest absolute Gasteiger partial charge is 0.486 e. The van der Waals surface area contributed by atoms with Crippen LogP contribution >= 0.6 is 11.6 Å². The van der Waals surface area contributed by atoms with Gasteiger partial charge in [0.05, 0.1) is 5.02 Å². The topological polar surface area (TPSA) is 50.7 Å². The Balaban J connectivity index is 2.58. The van der Waals surface area contributed by atoms with Crippen molar-refractivity contribution in [1.29, 1.82) is 0 Å². The van der Waals surface area contributed by atoms with Crippen molar-refractivity contribution in [3.63, 3.8) is 0 Å². The van der Waals surface area contributed by atoms with Crippen LogP contribution in [0.5, 0.6) is 11.5 Å². The van der Waals surface area contributed by atoms with Crippen molar-refractivity contribution in [1.82, 2.24) is 5.48 Å². The predicted molar refractivity (Wildman–Crippen MR) is 65.2 cm³/mol. The van der Waals surface area contributed by atoms with Gasteiger partial charge in [0.2, 0.25) is 0 Å². The summed E-state index contributed by atoms with van der Waals surface area (Å²) in [4.78, 5) is 0. The molecule has 4 nitrogen and oxygen atoms in total. The molecule has 1 aliphatic rings. The van der Waals surface area contributed by atoms with Gasteiger partial charge in [0.15, 0.2) is 11.5 Å². The Morgan fingerprint density at radius 2 is 2.00 bits per heavy atom. The van der Waals surface area contributed by atoms with Gasteiger partial charge >= 0.3 is 0 Å². The molecule has 94 valence electrons. The Kier molecular flexibility index (Phi) is 3.76. The molecule has 0 aliphatic carbocycles. The zero-order chi connectivity index (χ0) is 12.4. The summed E-state index contributed by atoms with van der Waals surface area (Å²) >= 11 is 6.15. The first kappa shape index (κ1) is 12.5. The minimum absolute atomic E-state index is 0.270. The second-order valence-corrected chi connectivity index (χ2v) is 4.68. The van der Waals surface area contributed by atoms with Crippen LogP contribution in [0.3, 0.4) is 0 Å². The molecule has 0 radical (unpaired) electrons. The number of halogens is 1. The molecule has 0 fully saturated rings. The third-order valence-electron chi connectivity index (χ3n) is 2.74. The fourth-order valence-electron chi connectivity index (χ4n) is 2.10. The number of benzene rings is 1. The third-order valence-corrected chi connectivity index (χ3v) is 3.02. The molecular weight excluding hydrogens is 242 g/mol.